The van der Waals surface area contributed by atoms with Gasteiger partial charge in [0, 0.05) is 6.54 Å². The number of halogens is 1. The van der Waals surface area contributed by atoms with Gasteiger partial charge in [-0.3, -0.25) is 9.59 Å². The van der Waals surface area contributed by atoms with Crippen molar-refractivity contribution < 1.29 is 14.0 Å². The van der Waals surface area contributed by atoms with Crippen molar-refractivity contribution in [3.05, 3.63) is 35.1 Å². The zero-order valence-corrected chi connectivity index (χ0v) is 12.3. The Morgan fingerprint density at radius 1 is 1.38 bits per heavy atom. The maximum absolute atomic E-state index is 13.2. The zero-order chi connectivity index (χ0) is 15.2. The van der Waals surface area contributed by atoms with E-state index in [2.05, 4.69) is 5.32 Å². The van der Waals surface area contributed by atoms with Crippen molar-refractivity contribution in [2.45, 2.75) is 38.8 Å². The van der Waals surface area contributed by atoms with E-state index in [0.717, 1.165) is 24.0 Å². The summed E-state index contributed by atoms with van der Waals surface area (Å²) < 4.78 is 13.2. The Morgan fingerprint density at radius 3 is 2.71 bits per heavy atom. The Balaban J connectivity index is 1.93. The fraction of sp³-hybridized carbons (Fsp3) is 0.500. The summed E-state index contributed by atoms with van der Waals surface area (Å²) in [5.74, 6) is -0.219. The van der Waals surface area contributed by atoms with Crippen LogP contribution in [0.2, 0.25) is 0 Å². The first-order valence-electron chi connectivity index (χ1n) is 7.26. The quantitative estimate of drug-likeness (QED) is 0.922. The highest BCUT2D eigenvalue weighted by atomic mass is 19.1. The van der Waals surface area contributed by atoms with Crippen molar-refractivity contribution in [2.24, 2.45) is 5.92 Å². The lowest BCUT2D eigenvalue weighted by molar-refractivity contribution is -0.155. The smallest absolute Gasteiger partial charge is 0.246 e. The molecular weight excluding hydrogens is 271 g/mol. The Hall–Kier alpha value is -1.91. The first-order valence-corrected chi connectivity index (χ1v) is 7.26. The number of carbonyl (C=O) groups excluding carboxylic acids is 2. The highest BCUT2D eigenvalue weighted by Gasteiger charge is 2.54. The summed E-state index contributed by atoms with van der Waals surface area (Å²) in [4.78, 5) is 26.3. The molecule has 1 aliphatic carbocycles. The van der Waals surface area contributed by atoms with Crippen molar-refractivity contribution in [1.82, 2.24) is 10.2 Å². The third-order valence-corrected chi connectivity index (χ3v) is 4.73. The second-order valence-electron chi connectivity index (χ2n) is 6.16. The van der Waals surface area contributed by atoms with E-state index in [1.807, 2.05) is 13.8 Å². The van der Waals surface area contributed by atoms with Gasteiger partial charge in [-0.15, -0.1) is 0 Å². The van der Waals surface area contributed by atoms with Crippen LogP contribution in [0.25, 0.3) is 0 Å². The van der Waals surface area contributed by atoms with Crippen molar-refractivity contribution in [1.29, 1.82) is 0 Å². The van der Waals surface area contributed by atoms with Crippen LogP contribution in [0, 0.1) is 18.7 Å². The predicted octanol–water partition coefficient (Wildman–Crippen LogP) is 1.76. The van der Waals surface area contributed by atoms with Crippen LogP contribution < -0.4 is 5.32 Å². The topological polar surface area (TPSA) is 49.4 Å². The molecule has 1 aromatic carbocycles. The summed E-state index contributed by atoms with van der Waals surface area (Å²) in [5.41, 5.74) is 0.897. The summed E-state index contributed by atoms with van der Waals surface area (Å²) >= 11 is 0. The molecule has 2 aliphatic rings. The van der Waals surface area contributed by atoms with Crippen molar-refractivity contribution in [3.8, 4) is 0 Å². The Bertz CT molecular complexity index is 612. The molecule has 0 aromatic heterocycles. The SMILES string of the molecule is Cc1cc(F)ccc1CN1C(=O)CNC(=O)C1(C)C1CC1. The van der Waals surface area contributed by atoms with Crippen molar-refractivity contribution in [3.63, 3.8) is 0 Å². The molecule has 5 heteroatoms. The van der Waals surface area contributed by atoms with Gasteiger partial charge in [-0.05, 0) is 55.9 Å². The maximum Gasteiger partial charge on any atom is 0.246 e. The van der Waals surface area contributed by atoms with Gasteiger partial charge >= 0.3 is 0 Å². The number of carbonyl (C=O) groups is 2. The second-order valence-corrected chi connectivity index (χ2v) is 6.16. The summed E-state index contributed by atoms with van der Waals surface area (Å²) in [6.45, 7) is 4.06. The Labute approximate surface area is 123 Å². The van der Waals surface area contributed by atoms with Gasteiger partial charge in [-0.1, -0.05) is 6.07 Å². The molecular formula is C16H19FN2O2. The van der Waals surface area contributed by atoms with E-state index in [0.29, 0.717) is 6.54 Å². The Morgan fingerprint density at radius 2 is 2.10 bits per heavy atom. The fourth-order valence-electron chi connectivity index (χ4n) is 3.12. The average molecular weight is 290 g/mol. The van der Waals surface area contributed by atoms with Crippen LogP contribution >= 0.6 is 0 Å². The summed E-state index contributed by atoms with van der Waals surface area (Å²) in [5, 5.41) is 2.69. The minimum atomic E-state index is -0.782. The summed E-state index contributed by atoms with van der Waals surface area (Å²) in [7, 11) is 0. The summed E-state index contributed by atoms with van der Waals surface area (Å²) in [6, 6.07) is 4.54. The third kappa shape index (κ3) is 2.30. The molecule has 1 unspecified atom stereocenters. The molecule has 2 fully saturated rings. The first kappa shape index (κ1) is 14.0. The lowest BCUT2D eigenvalue weighted by Crippen LogP contribution is -2.66. The van der Waals surface area contributed by atoms with E-state index in [9.17, 15) is 14.0 Å². The molecule has 1 atom stereocenters. The molecule has 1 aromatic rings. The van der Waals surface area contributed by atoms with Gasteiger partial charge in [0.15, 0.2) is 0 Å². The molecule has 21 heavy (non-hydrogen) atoms. The molecule has 4 nitrogen and oxygen atoms in total. The van der Waals surface area contributed by atoms with E-state index in [-0.39, 0.29) is 30.1 Å². The van der Waals surface area contributed by atoms with Gasteiger partial charge in [-0.25, -0.2) is 4.39 Å². The number of hydrogen-bond donors (Lipinski definition) is 1. The van der Waals surface area contributed by atoms with Crippen LogP contribution in [0.15, 0.2) is 18.2 Å². The number of benzene rings is 1. The molecule has 0 bridgehead atoms. The van der Waals surface area contributed by atoms with E-state index in [1.165, 1.54) is 12.1 Å². The lowest BCUT2D eigenvalue weighted by atomic mass is 9.89. The monoisotopic (exact) mass is 290 g/mol. The molecule has 112 valence electrons. The number of piperazine rings is 1. The molecule has 1 aliphatic heterocycles. The van der Waals surface area contributed by atoms with Crippen LogP contribution in [0.4, 0.5) is 4.39 Å². The highest BCUT2D eigenvalue weighted by molar-refractivity contribution is 5.98. The van der Waals surface area contributed by atoms with E-state index in [4.69, 9.17) is 0 Å². The number of nitrogens with zero attached hydrogens (tertiary/aromatic N) is 1. The van der Waals surface area contributed by atoms with Gasteiger partial charge in [0.25, 0.3) is 0 Å². The molecule has 1 heterocycles. The van der Waals surface area contributed by atoms with Crippen LogP contribution in [0.5, 0.6) is 0 Å². The van der Waals surface area contributed by atoms with Crippen LogP contribution in [0.3, 0.4) is 0 Å². The van der Waals surface area contributed by atoms with Gasteiger partial charge in [0.2, 0.25) is 11.8 Å². The van der Waals surface area contributed by atoms with Gasteiger partial charge in [0.05, 0.1) is 6.54 Å². The molecule has 1 N–H and O–H groups in total. The van der Waals surface area contributed by atoms with Crippen LogP contribution in [0.1, 0.15) is 30.9 Å². The van der Waals surface area contributed by atoms with E-state index < -0.39 is 5.54 Å². The van der Waals surface area contributed by atoms with Crippen LogP contribution in [-0.2, 0) is 16.1 Å². The second kappa shape index (κ2) is 4.83. The molecule has 2 amide bonds. The minimum Gasteiger partial charge on any atom is -0.345 e. The number of aryl methyl sites for hydroxylation is 1. The molecule has 3 rings (SSSR count). The van der Waals surface area contributed by atoms with Crippen molar-refractivity contribution >= 4 is 11.8 Å². The average Bonchev–Trinajstić information content (AvgIpc) is 3.26. The minimum absolute atomic E-state index is 0.0430. The largest absolute Gasteiger partial charge is 0.345 e. The van der Waals surface area contributed by atoms with Crippen LogP contribution in [-0.4, -0.2) is 28.8 Å². The fourth-order valence-corrected chi connectivity index (χ4v) is 3.12. The van der Waals surface area contributed by atoms with E-state index >= 15 is 0 Å². The van der Waals surface area contributed by atoms with Gasteiger partial charge in [0.1, 0.15) is 11.4 Å². The van der Waals surface area contributed by atoms with Crippen molar-refractivity contribution in [2.75, 3.05) is 6.54 Å². The van der Waals surface area contributed by atoms with E-state index in [1.54, 1.807) is 11.0 Å². The Kier molecular flexibility index (Phi) is 3.23. The maximum atomic E-state index is 13.2. The van der Waals surface area contributed by atoms with Gasteiger partial charge < -0.3 is 10.2 Å². The number of nitrogens with one attached hydrogen (secondary N) is 1. The van der Waals surface area contributed by atoms with Gasteiger partial charge in [-0.2, -0.15) is 0 Å². The lowest BCUT2D eigenvalue weighted by Gasteiger charge is -2.44. The normalized spacial score (nSPS) is 26.0. The zero-order valence-electron chi connectivity index (χ0n) is 12.3. The predicted molar refractivity (Wildman–Crippen MR) is 75.8 cm³/mol. The molecule has 1 saturated carbocycles. The number of hydrogen-bond acceptors (Lipinski definition) is 2. The molecule has 0 spiro atoms. The third-order valence-electron chi connectivity index (χ3n) is 4.73. The first-order chi connectivity index (χ1) is 9.92. The number of rotatable bonds is 3. The molecule has 1 saturated heterocycles. The highest BCUT2D eigenvalue weighted by Crippen LogP contribution is 2.44. The molecule has 0 radical (unpaired) electrons. The summed E-state index contributed by atoms with van der Waals surface area (Å²) in [6.07, 6.45) is 1.94. The standard InChI is InChI=1S/C16H19FN2O2/c1-10-7-13(17)6-3-11(10)9-19-14(20)8-18-15(21)16(19,2)12-4-5-12/h3,6-7,12H,4-5,8-9H2,1-2H3,(H,18,21). The number of amides is 2.